The molecule has 3 fully saturated rings. The number of aliphatic hydroxyl groups is 1. The molecule has 3 aliphatic heterocycles. The summed E-state index contributed by atoms with van der Waals surface area (Å²) in [7, 11) is 1.50. The summed E-state index contributed by atoms with van der Waals surface area (Å²) in [5.41, 5.74) is -0.0534. The van der Waals surface area contributed by atoms with E-state index in [0.29, 0.717) is 36.9 Å². The van der Waals surface area contributed by atoms with Gasteiger partial charge >= 0.3 is 5.97 Å². The van der Waals surface area contributed by atoms with Gasteiger partial charge in [0.15, 0.2) is 0 Å². The normalized spacial score (nSPS) is 25.2. The fourth-order valence-electron chi connectivity index (χ4n) is 8.38. The van der Waals surface area contributed by atoms with Crippen LogP contribution in [-0.4, -0.2) is 95.7 Å². The highest BCUT2D eigenvalue weighted by molar-refractivity contribution is 9.09. The van der Waals surface area contributed by atoms with Gasteiger partial charge in [-0.15, -0.1) is 13.2 Å². The summed E-state index contributed by atoms with van der Waals surface area (Å²) in [6, 6.07) is 20.9. The first-order valence-corrected chi connectivity index (χ1v) is 19.4. The quantitative estimate of drug-likeness (QED) is 0.0771. The number of aliphatic hydroxyl groups excluding tert-OH is 1. The molecule has 12 heteroatoms. The van der Waals surface area contributed by atoms with Gasteiger partial charge in [-0.05, 0) is 54.2 Å². The number of anilines is 1. The zero-order valence-corrected chi connectivity index (χ0v) is 32.1. The lowest BCUT2D eigenvalue weighted by molar-refractivity contribution is -0.163. The van der Waals surface area contributed by atoms with Crippen molar-refractivity contribution in [2.24, 2.45) is 11.8 Å². The van der Waals surface area contributed by atoms with Gasteiger partial charge in [-0.1, -0.05) is 88.7 Å². The van der Waals surface area contributed by atoms with E-state index in [1.165, 1.54) is 7.11 Å². The van der Waals surface area contributed by atoms with Crippen LogP contribution >= 0.6 is 15.9 Å². The number of fused-ring (bicyclic) bond motifs is 2. The highest BCUT2D eigenvalue weighted by Crippen LogP contribution is 2.60. The molecule has 3 aromatic carbocycles. The second kappa shape index (κ2) is 17.4. The number of nitrogens with zero attached hydrogens (tertiary/aromatic N) is 2. The van der Waals surface area contributed by atoms with E-state index in [4.69, 9.17) is 14.2 Å². The van der Waals surface area contributed by atoms with Crippen LogP contribution in [0.2, 0.25) is 0 Å². The molecule has 0 saturated carbocycles. The number of halogens is 1. The van der Waals surface area contributed by atoms with Crippen LogP contribution in [0.5, 0.6) is 0 Å². The van der Waals surface area contributed by atoms with Gasteiger partial charge in [-0.2, -0.15) is 0 Å². The maximum absolute atomic E-state index is 15.0. The Bertz CT molecular complexity index is 1860. The Morgan fingerprint density at radius 1 is 1.07 bits per heavy atom. The van der Waals surface area contributed by atoms with Gasteiger partial charge in [-0.3, -0.25) is 19.2 Å². The van der Waals surface area contributed by atoms with Crippen molar-refractivity contribution in [2.45, 2.75) is 66.8 Å². The second-order valence-electron chi connectivity index (χ2n) is 14.1. The number of esters is 1. The highest BCUT2D eigenvalue weighted by atomic mass is 79.9. The Kier molecular flexibility index (Phi) is 12.7. The zero-order chi connectivity index (χ0) is 38.4. The third-order valence-electron chi connectivity index (χ3n) is 10.7. The van der Waals surface area contributed by atoms with Gasteiger partial charge in [-0.25, -0.2) is 0 Å². The molecule has 0 radical (unpaired) electrons. The van der Waals surface area contributed by atoms with Gasteiger partial charge < -0.3 is 34.4 Å². The minimum absolute atomic E-state index is 0.0494. The van der Waals surface area contributed by atoms with Gasteiger partial charge in [0, 0.05) is 43.7 Å². The maximum atomic E-state index is 15.0. The molecule has 1 unspecified atom stereocenters. The predicted octanol–water partition coefficient (Wildman–Crippen LogP) is 5.26. The summed E-state index contributed by atoms with van der Waals surface area (Å²) < 4.78 is 18.6. The SMILES string of the molecule is C=CCCC(=O)N[C@H](COC)[C@H](OC(=O)[C@@H]1[C@H]2O[C@@]3(CC2Br)[C@H](C(=O)N(CC=C)c2ccc4ccccc4c2)N(CCCCO)C(=O)[C@@H]13)c1ccccc1. The topological polar surface area (TPSA) is 135 Å². The van der Waals surface area contributed by atoms with Crippen molar-refractivity contribution in [3.63, 3.8) is 0 Å². The molecule has 2 bridgehead atoms. The number of alkyl halides is 1. The molecule has 6 rings (SSSR count). The molecule has 8 atom stereocenters. The summed E-state index contributed by atoms with van der Waals surface area (Å²) in [6.07, 6.45) is 3.45. The molecular weight excluding hydrogens is 754 g/mol. The lowest BCUT2D eigenvalue weighted by atomic mass is 9.70. The van der Waals surface area contributed by atoms with Gasteiger partial charge in [0.1, 0.15) is 17.7 Å². The number of amides is 3. The third-order valence-corrected chi connectivity index (χ3v) is 11.6. The van der Waals surface area contributed by atoms with Crippen LogP contribution in [0.25, 0.3) is 10.8 Å². The van der Waals surface area contributed by atoms with E-state index in [1.54, 1.807) is 22.0 Å². The number of hydrogen-bond donors (Lipinski definition) is 2. The number of carbonyl (C=O) groups excluding carboxylic acids is 4. The number of methoxy groups -OCH3 is 1. The molecule has 3 aromatic rings. The molecule has 286 valence electrons. The van der Waals surface area contributed by atoms with Crippen LogP contribution in [-0.2, 0) is 33.4 Å². The van der Waals surface area contributed by atoms with E-state index in [1.807, 2.05) is 72.8 Å². The summed E-state index contributed by atoms with van der Waals surface area (Å²) in [6.45, 7) is 7.97. The molecule has 0 aromatic heterocycles. The van der Waals surface area contributed by atoms with E-state index in [-0.39, 0.29) is 55.3 Å². The smallest absolute Gasteiger partial charge is 0.313 e. The number of carbonyl (C=O) groups is 4. The van der Waals surface area contributed by atoms with Crippen molar-refractivity contribution in [3.8, 4) is 0 Å². The molecule has 0 aliphatic carbocycles. The molecule has 3 aliphatic rings. The van der Waals surface area contributed by atoms with Crippen molar-refractivity contribution in [1.82, 2.24) is 10.2 Å². The Hall–Kier alpha value is -4.36. The average molecular weight is 803 g/mol. The number of likely N-dealkylation sites (tertiary alicyclic amines) is 1. The second-order valence-corrected chi connectivity index (χ2v) is 15.3. The minimum Gasteiger partial charge on any atom is -0.455 e. The van der Waals surface area contributed by atoms with Crippen LogP contribution < -0.4 is 10.2 Å². The molecule has 11 nitrogen and oxygen atoms in total. The van der Waals surface area contributed by atoms with Crippen molar-refractivity contribution in [1.29, 1.82) is 0 Å². The zero-order valence-electron chi connectivity index (χ0n) is 30.5. The lowest BCUT2D eigenvalue weighted by Gasteiger charge is -2.37. The molecule has 3 heterocycles. The van der Waals surface area contributed by atoms with Crippen LogP contribution in [0.3, 0.4) is 0 Å². The van der Waals surface area contributed by atoms with E-state index in [0.717, 1.165) is 10.8 Å². The Morgan fingerprint density at radius 2 is 1.81 bits per heavy atom. The van der Waals surface area contributed by atoms with Crippen LogP contribution in [0, 0.1) is 11.8 Å². The molecular formula is C42H48BrN3O8. The van der Waals surface area contributed by atoms with Gasteiger partial charge in [0.25, 0.3) is 5.91 Å². The molecule has 54 heavy (non-hydrogen) atoms. The van der Waals surface area contributed by atoms with E-state index in [2.05, 4.69) is 34.4 Å². The highest BCUT2D eigenvalue weighted by Gasteiger charge is 2.77. The lowest BCUT2D eigenvalue weighted by Crippen LogP contribution is -2.57. The van der Waals surface area contributed by atoms with Crippen LogP contribution in [0.1, 0.15) is 43.8 Å². The number of nitrogens with one attached hydrogen (secondary N) is 1. The molecule has 3 amide bonds. The van der Waals surface area contributed by atoms with Crippen LogP contribution in [0.4, 0.5) is 5.69 Å². The van der Waals surface area contributed by atoms with Crippen molar-refractivity contribution >= 4 is 56.1 Å². The first kappa shape index (κ1) is 39.3. The third kappa shape index (κ3) is 7.62. The van der Waals surface area contributed by atoms with E-state index in [9.17, 15) is 19.5 Å². The largest absolute Gasteiger partial charge is 0.455 e. The van der Waals surface area contributed by atoms with E-state index >= 15 is 4.79 Å². The monoisotopic (exact) mass is 801 g/mol. The van der Waals surface area contributed by atoms with Gasteiger partial charge in [0.05, 0.1) is 30.6 Å². The Balaban J connectivity index is 1.36. The fraction of sp³-hybridized carbons (Fsp3) is 0.429. The number of ether oxygens (including phenoxy) is 3. The Morgan fingerprint density at radius 3 is 2.52 bits per heavy atom. The summed E-state index contributed by atoms with van der Waals surface area (Å²) >= 11 is 3.76. The summed E-state index contributed by atoms with van der Waals surface area (Å²) in [4.78, 5) is 60.1. The minimum atomic E-state index is -1.33. The van der Waals surface area contributed by atoms with Gasteiger partial charge in [0.2, 0.25) is 11.8 Å². The molecule has 1 spiro atoms. The standard InChI is InChI=1S/C42H48BrN3O8/c1-4-6-18-33(48)44-32(26-52-3)36(28-15-8-7-9-16-28)53-41(51)34-35-39(49)46(22-12-13-23-47)38(42(35)25-31(43)37(34)54-42)40(50)45(21-5-2)30-20-19-27-14-10-11-17-29(27)24-30/h4-5,7-11,14-17,19-20,24,31-32,34-38,47H,1-2,6,12-13,18,21-23,25-26H2,3H3,(H,44,48)/t31?,32-,34+,35-,36-,37+,38+,42-/m1/s1. The summed E-state index contributed by atoms with van der Waals surface area (Å²) in [5, 5.41) is 14.6. The predicted molar refractivity (Wildman–Crippen MR) is 209 cm³/mol. The number of benzene rings is 3. The molecule has 3 saturated heterocycles. The summed E-state index contributed by atoms with van der Waals surface area (Å²) in [5.74, 6) is -3.68. The van der Waals surface area contributed by atoms with E-state index < -0.39 is 47.7 Å². The van der Waals surface area contributed by atoms with Crippen molar-refractivity contribution in [3.05, 3.63) is 104 Å². The number of unbranched alkanes of at least 4 members (excludes halogenated alkanes) is 1. The number of rotatable bonds is 18. The number of allylic oxidation sites excluding steroid dienone is 1. The number of hydrogen-bond acceptors (Lipinski definition) is 8. The fourth-order valence-corrected chi connectivity index (χ4v) is 9.32. The Labute approximate surface area is 324 Å². The molecule has 2 N–H and O–H groups in total. The maximum Gasteiger partial charge on any atom is 0.313 e. The first-order chi connectivity index (χ1) is 26.2. The van der Waals surface area contributed by atoms with Crippen molar-refractivity contribution < 1.29 is 38.5 Å². The first-order valence-electron chi connectivity index (χ1n) is 18.5. The average Bonchev–Trinajstić information content (AvgIpc) is 3.78. The van der Waals surface area contributed by atoms with Crippen LogP contribution in [0.15, 0.2) is 98.1 Å². The van der Waals surface area contributed by atoms with Crippen molar-refractivity contribution in [2.75, 3.05) is 38.3 Å².